The molecule has 0 bridgehead atoms. The number of carbonyl (C=O) groups is 3. The molecule has 1 aliphatic heterocycles. The molecule has 1 N–H and O–H groups in total. The lowest BCUT2D eigenvalue weighted by Crippen LogP contribution is -2.54. The second kappa shape index (κ2) is 9.82. The summed E-state index contributed by atoms with van der Waals surface area (Å²) < 4.78 is 18.8. The summed E-state index contributed by atoms with van der Waals surface area (Å²) >= 11 is 0. The number of anilines is 1. The molecule has 1 heterocycles. The van der Waals surface area contributed by atoms with Gasteiger partial charge in [-0.2, -0.15) is 0 Å². The van der Waals surface area contributed by atoms with E-state index < -0.39 is 23.7 Å². The van der Waals surface area contributed by atoms with E-state index in [1.54, 1.807) is 24.3 Å². The molecule has 1 aliphatic rings. The van der Waals surface area contributed by atoms with Crippen molar-refractivity contribution in [3.05, 3.63) is 65.5 Å². The number of halogens is 1. The third-order valence-electron chi connectivity index (χ3n) is 4.64. The summed E-state index contributed by atoms with van der Waals surface area (Å²) in [5.41, 5.74) is 0.594. The molecule has 30 heavy (non-hydrogen) atoms. The van der Waals surface area contributed by atoms with Crippen LogP contribution in [0.3, 0.4) is 0 Å². The van der Waals surface area contributed by atoms with Crippen molar-refractivity contribution in [1.29, 1.82) is 0 Å². The van der Waals surface area contributed by atoms with Crippen molar-refractivity contribution in [1.82, 2.24) is 5.32 Å². The lowest BCUT2D eigenvalue weighted by Gasteiger charge is -2.26. The van der Waals surface area contributed by atoms with E-state index in [0.717, 1.165) is 29.9 Å². The fourth-order valence-electron chi connectivity index (χ4n) is 3.03. The van der Waals surface area contributed by atoms with E-state index in [9.17, 15) is 18.8 Å². The molecular formula is C23H23FN2O4. The summed E-state index contributed by atoms with van der Waals surface area (Å²) in [6, 6.07) is 11.0. The minimum Gasteiger partial charge on any atom is -0.494 e. The van der Waals surface area contributed by atoms with Gasteiger partial charge in [-0.25, -0.2) is 14.1 Å². The topological polar surface area (TPSA) is 75.7 Å². The Hall–Kier alpha value is -3.48. The number of benzene rings is 2. The van der Waals surface area contributed by atoms with Crippen molar-refractivity contribution in [3.63, 3.8) is 0 Å². The van der Waals surface area contributed by atoms with Crippen molar-refractivity contribution in [2.75, 3.05) is 11.5 Å². The van der Waals surface area contributed by atoms with Crippen molar-refractivity contribution in [2.45, 2.75) is 32.6 Å². The Bertz CT molecular complexity index is 952. The molecule has 6 nitrogen and oxygen atoms in total. The van der Waals surface area contributed by atoms with Gasteiger partial charge in [0.2, 0.25) is 0 Å². The first-order valence-electron chi connectivity index (χ1n) is 9.89. The van der Waals surface area contributed by atoms with Gasteiger partial charge in [-0.05, 0) is 54.5 Å². The molecule has 0 aromatic heterocycles. The van der Waals surface area contributed by atoms with E-state index >= 15 is 0 Å². The SMILES string of the molecule is CCCCCCOc1ccc(/C=C2\C(=O)NC(=O)N(c3ccc(F)cc3)C2=O)cc1. The van der Waals surface area contributed by atoms with Gasteiger partial charge < -0.3 is 4.74 Å². The molecule has 0 radical (unpaired) electrons. The smallest absolute Gasteiger partial charge is 0.335 e. The normalized spacial score (nSPS) is 15.5. The summed E-state index contributed by atoms with van der Waals surface area (Å²) in [5.74, 6) is -1.34. The van der Waals surface area contributed by atoms with Crippen molar-refractivity contribution in [3.8, 4) is 5.75 Å². The Kier molecular flexibility index (Phi) is 6.95. The summed E-state index contributed by atoms with van der Waals surface area (Å²) in [4.78, 5) is 38.0. The van der Waals surface area contributed by atoms with Crippen molar-refractivity contribution >= 4 is 29.6 Å². The first-order valence-corrected chi connectivity index (χ1v) is 9.89. The highest BCUT2D eigenvalue weighted by molar-refractivity contribution is 6.39. The first-order chi connectivity index (χ1) is 14.5. The third-order valence-corrected chi connectivity index (χ3v) is 4.64. The zero-order chi connectivity index (χ0) is 21.5. The number of hydrogen-bond donors (Lipinski definition) is 1. The maximum Gasteiger partial charge on any atom is 0.335 e. The van der Waals surface area contributed by atoms with E-state index in [1.165, 1.54) is 31.1 Å². The van der Waals surface area contributed by atoms with E-state index in [2.05, 4.69) is 12.2 Å². The van der Waals surface area contributed by atoms with Crippen LogP contribution in [0.15, 0.2) is 54.1 Å². The van der Waals surface area contributed by atoms with Crippen LogP contribution in [0.1, 0.15) is 38.2 Å². The number of carbonyl (C=O) groups excluding carboxylic acids is 3. The van der Waals surface area contributed by atoms with Crippen LogP contribution in [-0.4, -0.2) is 24.5 Å². The molecule has 0 aliphatic carbocycles. The van der Waals surface area contributed by atoms with Crippen LogP contribution in [0.5, 0.6) is 5.75 Å². The average molecular weight is 410 g/mol. The zero-order valence-corrected chi connectivity index (χ0v) is 16.7. The van der Waals surface area contributed by atoms with Gasteiger partial charge >= 0.3 is 6.03 Å². The van der Waals surface area contributed by atoms with Gasteiger partial charge in [-0.1, -0.05) is 38.3 Å². The Labute approximate surface area is 174 Å². The highest BCUT2D eigenvalue weighted by Crippen LogP contribution is 2.23. The molecule has 156 valence electrons. The van der Waals surface area contributed by atoms with Crippen molar-refractivity contribution in [2.24, 2.45) is 0 Å². The number of hydrogen-bond acceptors (Lipinski definition) is 4. The lowest BCUT2D eigenvalue weighted by atomic mass is 10.1. The number of nitrogens with one attached hydrogen (secondary N) is 1. The first kappa shape index (κ1) is 21.2. The van der Waals surface area contributed by atoms with Crippen LogP contribution in [0.25, 0.3) is 6.08 Å². The number of nitrogens with zero attached hydrogens (tertiary/aromatic N) is 1. The lowest BCUT2D eigenvalue weighted by molar-refractivity contribution is -0.122. The molecule has 2 aromatic rings. The predicted molar refractivity (Wildman–Crippen MR) is 111 cm³/mol. The fourth-order valence-corrected chi connectivity index (χ4v) is 3.03. The second-order valence-corrected chi connectivity index (χ2v) is 6.91. The van der Waals surface area contributed by atoms with E-state index in [1.807, 2.05) is 0 Å². The van der Waals surface area contributed by atoms with Gasteiger partial charge in [0.05, 0.1) is 12.3 Å². The average Bonchev–Trinajstić information content (AvgIpc) is 2.73. The van der Waals surface area contributed by atoms with Crippen molar-refractivity contribution < 1.29 is 23.5 Å². The van der Waals surface area contributed by atoms with Crippen LogP contribution in [0.4, 0.5) is 14.9 Å². The standard InChI is InChI=1S/C23H23FN2O4/c1-2-3-4-5-14-30-19-12-6-16(7-13-19)15-20-21(27)25-23(29)26(22(20)28)18-10-8-17(24)9-11-18/h6-13,15H,2-5,14H2,1H3,(H,25,27,29)/b20-15+. The molecule has 4 amide bonds. The maximum atomic E-state index is 13.2. The quantitative estimate of drug-likeness (QED) is 0.396. The minimum absolute atomic E-state index is 0.170. The summed E-state index contributed by atoms with van der Waals surface area (Å²) in [5, 5.41) is 2.14. The second-order valence-electron chi connectivity index (χ2n) is 6.91. The molecule has 0 spiro atoms. The van der Waals surface area contributed by atoms with Gasteiger partial charge in [0, 0.05) is 0 Å². The number of imide groups is 2. The zero-order valence-electron chi connectivity index (χ0n) is 16.7. The Morgan fingerprint density at radius 3 is 2.33 bits per heavy atom. The van der Waals surface area contributed by atoms with Crippen LogP contribution in [0.2, 0.25) is 0 Å². The van der Waals surface area contributed by atoms with E-state index in [0.29, 0.717) is 17.9 Å². The summed E-state index contributed by atoms with van der Waals surface area (Å²) in [6.07, 6.45) is 5.87. The maximum absolute atomic E-state index is 13.2. The fraction of sp³-hybridized carbons (Fsp3) is 0.261. The van der Waals surface area contributed by atoms with Crippen LogP contribution < -0.4 is 15.0 Å². The molecule has 0 unspecified atom stereocenters. The predicted octanol–water partition coefficient (Wildman–Crippen LogP) is 4.45. The highest BCUT2D eigenvalue weighted by atomic mass is 19.1. The minimum atomic E-state index is -0.874. The number of unbranched alkanes of at least 4 members (excludes halogenated alkanes) is 3. The molecule has 1 fully saturated rings. The van der Waals surface area contributed by atoms with Gasteiger partial charge in [0.1, 0.15) is 17.1 Å². The van der Waals surface area contributed by atoms with Crippen LogP contribution >= 0.6 is 0 Å². The van der Waals surface area contributed by atoms with Gasteiger partial charge in [0.25, 0.3) is 11.8 Å². The summed E-state index contributed by atoms with van der Waals surface area (Å²) in [7, 11) is 0. The molecule has 0 atom stereocenters. The van der Waals surface area contributed by atoms with Gasteiger partial charge in [-0.15, -0.1) is 0 Å². The Morgan fingerprint density at radius 2 is 1.67 bits per heavy atom. The van der Waals surface area contributed by atoms with E-state index in [-0.39, 0.29) is 11.3 Å². The third kappa shape index (κ3) is 5.11. The number of barbiturate groups is 1. The van der Waals surface area contributed by atoms with Gasteiger partial charge in [0.15, 0.2) is 0 Å². The monoisotopic (exact) mass is 410 g/mol. The summed E-state index contributed by atoms with van der Waals surface area (Å²) in [6.45, 7) is 2.79. The number of rotatable bonds is 8. The largest absolute Gasteiger partial charge is 0.494 e. The van der Waals surface area contributed by atoms with Crippen LogP contribution in [-0.2, 0) is 9.59 Å². The molecule has 7 heteroatoms. The number of ether oxygens (including phenoxy) is 1. The van der Waals surface area contributed by atoms with Gasteiger partial charge in [-0.3, -0.25) is 14.9 Å². The Morgan fingerprint density at radius 1 is 0.967 bits per heavy atom. The van der Waals surface area contributed by atoms with Crippen LogP contribution in [0, 0.1) is 5.82 Å². The Balaban J connectivity index is 1.73. The molecule has 2 aromatic carbocycles. The molecule has 0 saturated carbocycles. The number of urea groups is 1. The molecular weight excluding hydrogens is 387 g/mol. The van der Waals surface area contributed by atoms with E-state index in [4.69, 9.17) is 4.74 Å². The molecule has 1 saturated heterocycles. The highest BCUT2D eigenvalue weighted by Gasteiger charge is 2.36. The number of amides is 4. The molecule has 3 rings (SSSR count).